The van der Waals surface area contributed by atoms with Gasteiger partial charge in [0.2, 0.25) is 11.9 Å². The number of hydrogen-bond donors (Lipinski definition) is 2. The minimum Gasteiger partial charge on any atom is -0.362 e. The molecule has 0 radical (unpaired) electrons. The van der Waals surface area contributed by atoms with Gasteiger partial charge in [0.25, 0.3) is 5.69 Å². The van der Waals surface area contributed by atoms with Crippen LogP contribution in [-0.4, -0.2) is 47.5 Å². The second-order valence-corrected chi connectivity index (χ2v) is 8.94. The standard InChI is InChI=1S/C25H30N6O3/c1-30(2)23-21-5-3-4-6-22(21)28-25(29-23)27-19-11-9-18(10-12-19)24(32)26-16-15-17-7-13-20(14-8-17)31(33)34/h3-8,13-14,18-19H,9-12,15-16H2,1-2H3,(H,26,32)(H,27,28,29)/t18-,19+. The molecule has 34 heavy (non-hydrogen) atoms. The average Bonchev–Trinajstić information content (AvgIpc) is 2.84. The van der Waals surface area contributed by atoms with E-state index in [0.29, 0.717) is 18.9 Å². The van der Waals surface area contributed by atoms with Crippen LogP contribution < -0.4 is 15.5 Å². The first kappa shape index (κ1) is 23.4. The molecule has 0 bridgehead atoms. The van der Waals surface area contributed by atoms with E-state index in [9.17, 15) is 14.9 Å². The van der Waals surface area contributed by atoms with Crippen molar-refractivity contribution in [2.75, 3.05) is 30.9 Å². The van der Waals surface area contributed by atoms with Crippen LogP contribution in [-0.2, 0) is 11.2 Å². The average molecular weight is 463 g/mol. The quantitative estimate of drug-likeness (QED) is 0.385. The molecule has 0 spiro atoms. The van der Waals surface area contributed by atoms with Gasteiger partial charge in [0.1, 0.15) is 5.82 Å². The van der Waals surface area contributed by atoms with Crippen LogP contribution in [0.3, 0.4) is 0 Å². The summed E-state index contributed by atoms with van der Waals surface area (Å²) in [7, 11) is 3.95. The van der Waals surface area contributed by atoms with Crippen molar-refractivity contribution >= 4 is 34.3 Å². The Kier molecular flexibility index (Phi) is 7.20. The number of fused-ring (bicyclic) bond motifs is 1. The van der Waals surface area contributed by atoms with E-state index in [1.807, 2.05) is 43.3 Å². The van der Waals surface area contributed by atoms with Crippen LogP contribution in [0.5, 0.6) is 0 Å². The van der Waals surface area contributed by atoms with E-state index in [2.05, 4.69) is 15.6 Å². The normalized spacial score (nSPS) is 17.8. The smallest absolute Gasteiger partial charge is 0.269 e. The molecule has 2 N–H and O–H groups in total. The van der Waals surface area contributed by atoms with Crippen molar-refractivity contribution in [2.24, 2.45) is 5.92 Å². The number of carbonyl (C=O) groups excluding carboxylic acids is 1. The maximum Gasteiger partial charge on any atom is 0.269 e. The second kappa shape index (κ2) is 10.5. The van der Waals surface area contributed by atoms with E-state index < -0.39 is 4.92 Å². The molecule has 2 aromatic carbocycles. The molecular weight excluding hydrogens is 432 g/mol. The number of carbonyl (C=O) groups is 1. The molecule has 1 amide bonds. The summed E-state index contributed by atoms with van der Waals surface area (Å²) < 4.78 is 0. The fourth-order valence-corrected chi connectivity index (χ4v) is 4.41. The molecule has 1 aromatic heterocycles. The van der Waals surface area contributed by atoms with Crippen molar-refractivity contribution in [2.45, 2.75) is 38.1 Å². The van der Waals surface area contributed by atoms with Crippen LogP contribution in [0, 0.1) is 16.0 Å². The molecule has 1 saturated carbocycles. The number of nitro groups is 1. The van der Waals surface area contributed by atoms with Crippen LogP contribution in [0.4, 0.5) is 17.5 Å². The molecule has 1 aliphatic rings. The molecule has 9 nitrogen and oxygen atoms in total. The summed E-state index contributed by atoms with van der Waals surface area (Å²) in [5.41, 5.74) is 1.95. The number of amides is 1. The zero-order chi connectivity index (χ0) is 24.1. The Labute approximate surface area is 198 Å². The fourth-order valence-electron chi connectivity index (χ4n) is 4.41. The number of aromatic nitrogens is 2. The molecule has 178 valence electrons. The van der Waals surface area contributed by atoms with E-state index >= 15 is 0 Å². The van der Waals surface area contributed by atoms with Crippen molar-refractivity contribution in [1.29, 1.82) is 0 Å². The minimum absolute atomic E-state index is 0.00442. The maximum absolute atomic E-state index is 12.6. The lowest BCUT2D eigenvalue weighted by Crippen LogP contribution is -2.37. The van der Waals surface area contributed by atoms with Crippen molar-refractivity contribution < 1.29 is 9.72 Å². The van der Waals surface area contributed by atoms with Crippen LogP contribution in [0.2, 0.25) is 0 Å². The number of hydrogen-bond acceptors (Lipinski definition) is 7. The van der Waals surface area contributed by atoms with Crippen LogP contribution in [0.25, 0.3) is 10.9 Å². The Morgan fingerprint density at radius 3 is 2.44 bits per heavy atom. The lowest BCUT2D eigenvalue weighted by Gasteiger charge is -2.28. The Morgan fingerprint density at radius 2 is 1.76 bits per heavy atom. The molecule has 0 unspecified atom stereocenters. The molecule has 9 heteroatoms. The number of nitrogens with zero attached hydrogens (tertiary/aromatic N) is 4. The maximum atomic E-state index is 12.6. The van der Waals surface area contributed by atoms with Crippen molar-refractivity contribution in [3.63, 3.8) is 0 Å². The van der Waals surface area contributed by atoms with Gasteiger partial charge in [-0.2, -0.15) is 4.98 Å². The van der Waals surface area contributed by atoms with Crippen molar-refractivity contribution in [1.82, 2.24) is 15.3 Å². The number of nitro benzene ring substituents is 1. The van der Waals surface area contributed by atoms with E-state index in [1.165, 1.54) is 12.1 Å². The largest absolute Gasteiger partial charge is 0.362 e. The summed E-state index contributed by atoms with van der Waals surface area (Å²) in [6.45, 7) is 0.521. The number of para-hydroxylation sites is 1. The molecule has 0 aliphatic heterocycles. The Bertz CT molecular complexity index is 1160. The molecular formula is C25H30N6O3. The first-order valence-corrected chi connectivity index (χ1v) is 11.6. The van der Waals surface area contributed by atoms with Gasteiger partial charge in [-0.25, -0.2) is 4.98 Å². The molecule has 3 aromatic rings. The van der Waals surface area contributed by atoms with E-state index in [-0.39, 0.29) is 23.6 Å². The van der Waals surface area contributed by atoms with Crippen molar-refractivity contribution in [3.05, 3.63) is 64.2 Å². The van der Waals surface area contributed by atoms with E-state index in [1.54, 1.807) is 12.1 Å². The van der Waals surface area contributed by atoms with Crippen LogP contribution in [0.15, 0.2) is 48.5 Å². The summed E-state index contributed by atoms with van der Waals surface area (Å²) in [6.07, 6.45) is 4.04. The van der Waals surface area contributed by atoms with E-state index in [0.717, 1.165) is 48.0 Å². The van der Waals surface area contributed by atoms with Gasteiger partial charge in [-0.3, -0.25) is 14.9 Å². The van der Waals surface area contributed by atoms with Gasteiger partial charge in [-0.1, -0.05) is 24.3 Å². The molecule has 1 heterocycles. The van der Waals surface area contributed by atoms with Gasteiger partial charge >= 0.3 is 0 Å². The first-order valence-electron chi connectivity index (χ1n) is 11.6. The summed E-state index contributed by atoms with van der Waals surface area (Å²) in [4.78, 5) is 34.3. The number of nitrogens with one attached hydrogen (secondary N) is 2. The number of benzene rings is 2. The number of anilines is 2. The highest BCUT2D eigenvalue weighted by Crippen LogP contribution is 2.28. The highest BCUT2D eigenvalue weighted by Gasteiger charge is 2.26. The van der Waals surface area contributed by atoms with Gasteiger partial charge in [-0.05, 0) is 49.8 Å². The topological polar surface area (TPSA) is 113 Å². The molecule has 1 fully saturated rings. The third-order valence-electron chi connectivity index (χ3n) is 6.30. The van der Waals surface area contributed by atoms with Gasteiger partial charge in [0.05, 0.1) is 10.4 Å². The fraction of sp³-hybridized carbons (Fsp3) is 0.400. The molecule has 1 aliphatic carbocycles. The predicted molar refractivity (Wildman–Crippen MR) is 133 cm³/mol. The van der Waals surface area contributed by atoms with Crippen molar-refractivity contribution in [3.8, 4) is 0 Å². The zero-order valence-electron chi connectivity index (χ0n) is 19.5. The van der Waals surface area contributed by atoms with Gasteiger partial charge in [-0.15, -0.1) is 0 Å². The Hall–Kier alpha value is -3.75. The summed E-state index contributed by atoms with van der Waals surface area (Å²) >= 11 is 0. The third kappa shape index (κ3) is 5.59. The molecule has 0 saturated heterocycles. The molecule has 4 rings (SSSR count). The second-order valence-electron chi connectivity index (χ2n) is 8.94. The third-order valence-corrected chi connectivity index (χ3v) is 6.30. The zero-order valence-corrected chi connectivity index (χ0v) is 19.5. The Morgan fingerprint density at radius 1 is 1.06 bits per heavy atom. The predicted octanol–water partition coefficient (Wildman–Crippen LogP) is 3.93. The minimum atomic E-state index is -0.413. The van der Waals surface area contributed by atoms with Gasteiger partial charge in [0, 0.05) is 50.1 Å². The van der Waals surface area contributed by atoms with Gasteiger partial charge < -0.3 is 15.5 Å². The summed E-state index contributed by atoms with van der Waals surface area (Å²) in [6, 6.07) is 14.7. The first-order chi connectivity index (χ1) is 16.4. The monoisotopic (exact) mass is 462 g/mol. The van der Waals surface area contributed by atoms with E-state index in [4.69, 9.17) is 4.98 Å². The van der Waals surface area contributed by atoms with Crippen LogP contribution >= 0.6 is 0 Å². The highest BCUT2D eigenvalue weighted by atomic mass is 16.6. The summed E-state index contributed by atoms with van der Waals surface area (Å²) in [5, 5.41) is 18.3. The lowest BCUT2D eigenvalue weighted by molar-refractivity contribution is -0.384. The number of rotatable bonds is 8. The highest BCUT2D eigenvalue weighted by molar-refractivity contribution is 5.90. The number of non-ortho nitro benzene ring substituents is 1. The van der Waals surface area contributed by atoms with Crippen LogP contribution in [0.1, 0.15) is 31.2 Å². The SMILES string of the molecule is CN(C)c1nc(N[C@H]2CC[C@@H](C(=O)NCCc3ccc([N+](=O)[O-])cc3)CC2)nc2ccccc12. The summed E-state index contributed by atoms with van der Waals surface area (Å²) in [5.74, 6) is 1.59. The van der Waals surface area contributed by atoms with Gasteiger partial charge in [0.15, 0.2) is 0 Å². The molecule has 0 atom stereocenters. The lowest BCUT2D eigenvalue weighted by atomic mass is 9.85. The Balaban J connectivity index is 1.26.